The Morgan fingerprint density at radius 2 is 1.37 bits per heavy atom. The number of amides is 6. The first-order valence-corrected chi connectivity index (χ1v) is 39.1. The van der Waals surface area contributed by atoms with E-state index in [1.165, 1.54) is 58.7 Å². The molecule has 10 N–H and O–H groups in total. The molecule has 0 bridgehead atoms. The Balaban J connectivity index is 0.760. The third kappa shape index (κ3) is 31.1. The molecule has 0 aliphatic carbocycles. The van der Waals surface area contributed by atoms with Crippen LogP contribution in [0.25, 0.3) is 10.2 Å². The highest BCUT2D eigenvalue weighted by molar-refractivity contribution is 7.22. The number of aromatic carboxylic acids is 1. The van der Waals surface area contributed by atoms with Gasteiger partial charge in [0.05, 0.1) is 154 Å². The van der Waals surface area contributed by atoms with Gasteiger partial charge in [-0.3, -0.25) is 14.4 Å². The average molecular weight is 1640 g/mol. The van der Waals surface area contributed by atoms with E-state index in [-0.39, 0.29) is 88.4 Å². The number of nitrogens with one attached hydrogen (secondary N) is 4. The van der Waals surface area contributed by atoms with Crippen molar-refractivity contribution in [2.75, 3.05) is 162 Å². The Morgan fingerprint density at radius 1 is 0.722 bits per heavy atom. The van der Waals surface area contributed by atoms with Gasteiger partial charge in [-0.1, -0.05) is 60.4 Å². The van der Waals surface area contributed by atoms with Gasteiger partial charge in [-0.05, 0) is 105 Å². The Labute approximate surface area is 672 Å². The molecule has 1 aliphatic heterocycles. The number of carboxylic acids is 2. The number of urea groups is 1. The molecule has 0 unspecified atom stereocenters. The summed E-state index contributed by atoms with van der Waals surface area (Å²) < 4.78 is 79.0. The SMILES string of the molecule is Cc1c(Nc2nc3ccccc3s2)nnc2c1CCCN2c1nc(C(=O)O)c(CCCOc2ccc(C#CCN(C)C(=O)OCc3ccc(NC(=O)[C@H](CCCNC(N)=O)NC(=O)[C@@H](N)C(C)C)cc3CN(C)C(=O)OCc3cn(CCOCCOCCOCCOCCOCCOCCOCCOCCC(=O)O)nn3)cc2F)s1. The maximum Gasteiger partial charge on any atom is 0.410 e. The summed E-state index contributed by atoms with van der Waals surface area (Å²) in [5, 5.41) is 48.6. The van der Waals surface area contributed by atoms with E-state index < -0.39 is 59.9 Å². The molecule has 1 aliphatic rings. The second kappa shape index (κ2) is 48.7. The molecule has 2 atom stereocenters. The van der Waals surface area contributed by atoms with E-state index in [9.17, 15) is 38.7 Å². The van der Waals surface area contributed by atoms with Crippen molar-refractivity contribution in [2.45, 2.75) is 104 Å². The number of aromatic nitrogens is 7. The van der Waals surface area contributed by atoms with Crippen LogP contribution in [0.3, 0.4) is 0 Å². The number of nitrogens with two attached hydrogens (primary N) is 2. The number of carbonyl (C=O) groups excluding carboxylic acids is 5. The molecular formula is C76H101FN16O20S2. The molecule has 7 aromatic rings. The summed E-state index contributed by atoms with van der Waals surface area (Å²) in [5.74, 6) is 2.71. The first kappa shape index (κ1) is 90.2. The molecule has 0 radical (unpaired) electrons. The first-order chi connectivity index (χ1) is 55.6. The van der Waals surface area contributed by atoms with Gasteiger partial charge in [-0.2, -0.15) is 0 Å². The number of nitrogens with zero attached hydrogens (tertiary/aromatic N) is 10. The standard InChI is InChI=1S/C76H101FN16O20S2/c1-50(2)65(78)70(97)82-60(15-8-23-80-72(79)100)69(96)81-55-20-19-53(54(45-55)46-91(5)76(102)113-49-56-47-92(89-86-56)26-29-104-31-33-106-35-37-108-39-41-110-43-42-109-40-38-107-36-34-105-32-30-103-28-22-64(94)95)48-112-75(101)90(4)24-9-12-52-18-21-61(58(77)44-52)111-27-11-17-63-66(71(98)99)84-74(115-63)93-25-10-13-57-51(3)67(87-88-68(57)93)85-73-83-59-14-6-7-16-62(59)114-73/h6-7,14,16,18-21,44-45,47,50,60,65H,8,10-11,13,15,17,22-43,46,48-49,78H2,1-5H3,(H,81,96)(H,82,97)(H,94,95)(H,98,99)(H3,79,80,100)(H,83,85,87)/t60-,65-/m0/s1. The van der Waals surface area contributed by atoms with Crippen molar-refractivity contribution in [2.24, 2.45) is 17.4 Å². The normalized spacial score (nSPS) is 12.3. The number of primary amides is 1. The number of hydrogen-bond donors (Lipinski definition) is 8. The minimum absolute atomic E-state index is 0.0357. The van der Waals surface area contributed by atoms with Crippen LogP contribution in [0.1, 0.15) is 94.8 Å². The minimum Gasteiger partial charge on any atom is -0.491 e. The van der Waals surface area contributed by atoms with E-state index in [1.807, 2.05) is 36.1 Å². The second-order valence-corrected chi connectivity index (χ2v) is 28.5. The third-order valence-electron chi connectivity index (χ3n) is 17.2. The third-order valence-corrected chi connectivity index (χ3v) is 19.3. The fourth-order valence-electron chi connectivity index (χ4n) is 11.0. The summed E-state index contributed by atoms with van der Waals surface area (Å²) in [4.78, 5) is 103. The molecule has 6 amide bonds. The molecule has 0 spiro atoms. The molecule has 624 valence electrons. The van der Waals surface area contributed by atoms with Gasteiger partial charge in [0.15, 0.2) is 39.2 Å². The fraction of sp³-hybridized carbons (Fsp3) is 0.513. The first-order valence-electron chi connectivity index (χ1n) is 37.5. The lowest BCUT2D eigenvalue weighted by Gasteiger charge is -2.28. The summed E-state index contributed by atoms with van der Waals surface area (Å²) in [6.07, 6.45) is 2.58. The molecule has 5 heterocycles. The summed E-state index contributed by atoms with van der Waals surface area (Å²) in [5.41, 5.74) is 15.8. The van der Waals surface area contributed by atoms with Crippen LogP contribution < -0.4 is 42.4 Å². The lowest BCUT2D eigenvalue weighted by molar-refractivity contribution is -0.138. The molecule has 0 saturated carbocycles. The number of aryl methyl sites for hydroxylation is 1. The van der Waals surface area contributed by atoms with Gasteiger partial charge >= 0.3 is 30.2 Å². The Morgan fingerprint density at radius 3 is 2.02 bits per heavy atom. The van der Waals surface area contributed by atoms with Gasteiger partial charge in [0.2, 0.25) is 11.8 Å². The van der Waals surface area contributed by atoms with Gasteiger partial charge in [0.1, 0.15) is 24.9 Å². The number of benzene rings is 3. The van der Waals surface area contributed by atoms with E-state index in [4.69, 9.17) is 68.7 Å². The van der Waals surface area contributed by atoms with Crippen LogP contribution in [0.2, 0.25) is 0 Å². The van der Waals surface area contributed by atoms with Crippen molar-refractivity contribution in [1.29, 1.82) is 0 Å². The maximum absolute atomic E-state index is 15.5. The van der Waals surface area contributed by atoms with Crippen LogP contribution in [0.15, 0.2) is 66.9 Å². The Bertz CT molecular complexity index is 4320. The summed E-state index contributed by atoms with van der Waals surface area (Å²) >= 11 is 2.77. The zero-order valence-electron chi connectivity index (χ0n) is 65.1. The highest BCUT2D eigenvalue weighted by Crippen LogP contribution is 2.39. The molecule has 115 heavy (non-hydrogen) atoms. The number of thiazole rings is 2. The number of para-hydroxylation sites is 1. The number of ether oxygens (including phenoxy) is 11. The van der Waals surface area contributed by atoms with Crippen molar-refractivity contribution in [3.63, 3.8) is 0 Å². The Kier molecular flexibility index (Phi) is 38.2. The maximum atomic E-state index is 15.5. The number of fused-ring (bicyclic) bond motifs is 2. The van der Waals surface area contributed by atoms with Gasteiger partial charge < -0.3 is 110 Å². The summed E-state index contributed by atoms with van der Waals surface area (Å²) in [6, 6.07) is 14.0. The summed E-state index contributed by atoms with van der Waals surface area (Å²) in [6.45, 7) is 11.6. The van der Waals surface area contributed by atoms with Crippen LogP contribution in [0, 0.1) is 30.5 Å². The number of aliphatic carboxylic acids is 1. The molecule has 36 nitrogen and oxygen atoms in total. The number of carboxylic acid groups (broad SMARTS) is 2. The molecule has 4 aromatic heterocycles. The van der Waals surface area contributed by atoms with E-state index in [0.29, 0.717) is 174 Å². The highest BCUT2D eigenvalue weighted by atomic mass is 32.1. The largest absolute Gasteiger partial charge is 0.491 e. The van der Waals surface area contributed by atoms with Crippen molar-refractivity contribution in [1.82, 2.24) is 55.6 Å². The van der Waals surface area contributed by atoms with Crippen LogP contribution in [0.4, 0.5) is 46.4 Å². The minimum atomic E-state index is -1.17. The van der Waals surface area contributed by atoms with E-state index in [0.717, 1.165) is 34.2 Å². The predicted molar refractivity (Wildman–Crippen MR) is 421 cm³/mol. The van der Waals surface area contributed by atoms with Crippen LogP contribution in [0.5, 0.6) is 5.75 Å². The Hall–Kier alpha value is -10.4. The summed E-state index contributed by atoms with van der Waals surface area (Å²) in [7, 11) is 2.94. The van der Waals surface area contributed by atoms with E-state index in [1.54, 1.807) is 49.0 Å². The van der Waals surface area contributed by atoms with Crippen molar-refractivity contribution in [3.8, 4) is 17.6 Å². The van der Waals surface area contributed by atoms with Gasteiger partial charge in [0.25, 0.3) is 0 Å². The van der Waals surface area contributed by atoms with Gasteiger partial charge in [-0.15, -0.1) is 26.6 Å². The smallest absolute Gasteiger partial charge is 0.410 e. The monoisotopic (exact) mass is 1640 g/mol. The predicted octanol–water partition coefficient (Wildman–Crippen LogP) is 6.97. The number of anilines is 5. The van der Waals surface area contributed by atoms with Gasteiger partial charge in [0, 0.05) is 61.0 Å². The number of rotatable bonds is 52. The molecule has 39 heteroatoms. The number of carbonyl (C=O) groups is 7. The van der Waals surface area contributed by atoms with Gasteiger partial charge in [-0.25, -0.2) is 38.2 Å². The molecular weight excluding hydrogens is 1540 g/mol. The lowest BCUT2D eigenvalue weighted by Crippen LogP contribution is -2.51. The van der Waals surface area contributed by atoms with Crippen LogP contribution in [-0.4, -0.2) is 255 Å². The quantitative estimate of drug-likeness (QED) is 0.0141. The molecule has 3 aromatic carbocycles. The second-order valence-electron chi connectivity index (χ2n) is 26.4. The number of halogens is 1. The van der Waals surface area contributed by atoms with E-state index in [2.05, 4.69) is 63.6 Å². The van der Waals surface area contributed by atoms with E-state index >= 15 is 4.39 Å². The molecule has 0 saturated heterocycles. The van der Waals surface area contributed by atoms with Crippen molar-refractivity contribution >= 4 is 102 Å². The number of hydrogen-bond acceptors (Lipinski definition) is 29. The molecule has 0 fully saturated rings. The lowest BCUT2D eigenvalue weighted by atomic mass is 10.0. The van der Waals surface area contributed by atoms with Crippen LogP contribution in [-0.2, 0) is 101 Å². The van der Waals surface area contributed by atoms with Crippen molar-refractivity contribution in [3.05, 3.63) is 117 Å². The molecule has 8 rings (SSSR count). The van der Waals surface area contributed by atoms with Crippen molar-refractivity contribution < 1.29 is 100 Å². The topological polar surface area (TPSA) is 454 Å². The highest BCUT2D eigenvalue weighted by Gasteiger charge is 2.30. The van der Waals surface area contributed by atoms with Crippen LogP contribution >= 0.6 is 22.7 Å². The zero-order valence-corrected chi connectivity index (χ0v) is 66.7. The zero-order chi connectivity index (χ0) is 82.3. The fourth-order valence-corrected chi connectivity index (χ4v) is 13.0. The average Bonchev–Trinajstić information content (AvgIpc) is 1.71.